The molecule has 4 heteroatoms. The lowest BCUT2D eigenvalue weighted by Crippen LogP contribution is -2.34. The monoisotopic (exact) mass is 220 g/mol. The molecule has 0 radical (unpaired) electrons. The van der Waals surface area contributed by atoms with Gasteiger partial charge in [0.25, 0.3) is 0 Å². The Morgan fingerprint density at radius 1 is 1.50 bits per heavy atom. The number of rotatable bonds is 2. The number of carbonyl (C=O) groups excluding carboxylic acids is 1. The van der Waals surface area contributed by atoms with Crippen molar-refractivity contribution in [1.82, 2.24) is 5.32 Å². The van der Waals surface area contributed by atoms with Gasteiger partial charge in [-0.05, 0) is 37.6 Å². The highest BCUT2D eigenvalue weighted by molar-refractivity contribution is 6.02. The van der Waals surface area contributed by atoms with Gasteiger partial charge in [-0.2, -0.15) is 0 Å². The number of nitrogens with two attached hydrogens (primary N) is 1. The predicted octanol–water partition coefficient (Wildman–Crippen LogP) is 1.16. The SMILES string of the molecule is Nc1ccc(O)cc1C(=O)C1CCCNC1. The third-order valence-electron chi connectivity index (χ3n) is 2.97. The number of piperidine rings is 1. The van der Waals surface area contributed by atoms with Gasteiger partial charge in [0, 0.05) is 23.7 Å². The van der Waals surface area contributed by atoms with Crippen LogP contribution in [0, 0.1) is 5.92 Å². The zero-order chi connectivity index (χ0) is 11.5. The van der Waals surface area contributed by atoms with Crippen LogP contribution in [0.25, 0.3) is 0 Å². The number of nitrogen functional groups attached to an aromatic ring is 1. The summed E-state index contributed by atoms with van der Waals surface area (Å²) in [5.41, 5.74) is 6.62. The van der Waals surface area contributed by atoms with Crippen LogP contribution >= 0.6 is 0 Å². The Kier molecular flexibility index (Phi) is 3.10. The lowest BCUT2D eigenvalue weighted by molar-refractivity contribution is 0.0900. The number of phenols is 1. The number of aromatic hydroxyl groups is 1. The van der Waals surface area contributed by atoms with Crippen LogP contribution in [-0.4, -0.2) is 24.0 Å². The highest BCUT2D eigenvalue weighted by atomic mass is 16.3. The van der Waals surface area contributed by atoms with Gasteiger partial charge >= 0.3 is 0 Å². The molecule has 4 N–H and O–H groups in total. The average molecular weight is 220 g/mol. The molecule has 0 saturated carbocycles. The van der Waals surface area contributed by atoms with Crippen molar-refractivity contribution >= 4 is 11.5 Å². The van der Waals surface area contributed by atoms with Crippen LogP contribution in [0.3, 0.4) is 0 Å². The third kappa shape index (κ3) is 2.17. The van der Waals surface area contributed by atoms with Gasteiger partial charge in [0.15, 0.2) is 5.78 Å². The molecule has 1 atom stereocenters. The molecule has 1 saturated heterocycles. The quantitative estimate of drug-likeness (QED) is 0.397. The summed E-state index contributed by atoms with van der Waals surface area (Å²) in [7, 11) is 0. The van der Waals surface area contributed by atoms with Crippen LogP contribution in [0.2, 0.25) is 0 Å². The number of phenolic OH excluding ortho intramolecular Hbond substituents is 1. The standard InChI is InChI=1S/C12H16N2O2/c13-11-4-3-9(15)6-10(11)12(16)8-2-1-5-14-7-8/h3-4,6,8,14-15H,1-2,5,7,13H2. The maximum Gasteiger partial charge on any atom is 0.169 e. The van der Waals surface area contributed by atoms with E-state index in [2.05, 4.69) is 5.32 Å². The van der Waals surface area contributed by atoms with Crippen LogP contribution in [0.1, 0.15) is 23.2 Å². The van der Waals surface area contributed by atoms with Crippen molar-refractivity contribution in [3.63, 3.8) is 0 Å². The molecular formula is C12H16N2O2. The van der Waals surface area contributed by atoms with Gasteiger partial charge in [-0.1, -0.05) is 0 Å². The third-order valence-corrected chi connectivity index (χ3v) is 2.97. The molecular weight excluding hydrogens is 204 g/mol. The van der Waals surface area contributed by atoms with Gasteiger partial charge < -0.3 is 16.2 Å². The number of hydrogen-bond donors (Lipinski definition) is 3. The molecule has 1 fully saturated rings. The highest BCUT2D eigenvalue weighted by Gasteiger charge is 2.23. The first-order chi connectivity index (χ1) is 7.68. The Balaban J connectivity index is 2.22. The van der Waals surface area contributed by atoms with E-state index < -0.39 is 0 Å². The van der Waals surface area contributed by atoms with Crippen LogP contribution in [0.5, 0.6) is 5.75 Å². The first kappa shape index (κ1) is 11.0. The summed E-state index contributed by atoms with van der Waals surface area (Å²) in [4.78, 5) is 12.1. The predicted molar refractivity (Wildman–Crippen MR) is 62.4 cm³/mol. The molecule has 16 heavy (non-hydrogen) atoms. The number of ketones is 1. The molecule has 0 aromatic heterocycles. The lowest BCUT2D eigenvalue weighted by atomic mass is 9.90. The van der Waals surface area contributed by atoms with Crippen molar-refractivity contribution in [3.8, 4) is 5.75 Å². The van der Waals surface area contributed by atoms with Crippen molar-refractivity contribution in [1.29, 1.82) is 0 Å². The highest BCUT2D eigenvalue weighted by Crippen LogP contribution is 2.24. The van der Waals surface area contributed by atoms with Gasteiger partial charge in [-0.25, -0.2) is 0 Å². The fourth-order valence-electron chi connectivity index (χ4n) is 2.05. The summed E-state index contributed by atoms with van der Waals surface area (Å²) in [6.07, 6.45) is 1.90. The first-order valence-electron chi connectivity index (χ1n) is 5.52. The van der Waals surface area contributed by atoms with Crippen molar-refractivity contribution in [2.75, 3.05) is 18.8 Å². The summed E-state index contributed by atoms with van der Waals surface area (Å²) in [6, 6.07) is 4.51. The van der Waals surface area contributed by atoms with Gasteiger partial charge in [0.1, 0.15) is 5.75 Å². The van der Waals surface area contributed by atoms with E-state index in [1.165, 1.54) is 12.1 Å². The molecule has 0 amide bonds. The van der Waals surface area contributed by atoms with Crippen molar-refractivity contribution in [2.45, 2.75) is 12.8 Å². The molecule has 1 unspecified atom stereocenters. The van der Waals surface area contributed by atoms with Crippen LogP contribution in [0.15, 0.2) is 18.2 Å². The number of nitrogens with one attached hydrogen (secondary N) is 1. The Morgan fingerprint density at radius 2 is 2.31 bits per heavy atom. The van der Waals surface area contributed by atoms with E-state index in [1.807, 2.05) is 0 Å². The minimum absolute atomic E-state index is 0.0159. The van der Waals surface area contributed by atoms with E-state index in [9.17, 15) is 9.90 Å². The van der Waals surface area contributed by atoms with Crippen molar-refractivity contribution in [2.24, 2.45) is 5.92 Å². The van der Waals surface area contributed by atoms with E-state index in [-0.39, 0.29) is 17.5 Å². The first-order valence-corrected chi connectivity index (χ1v) is 5.52. The summed E-state index contributed by atoms with van der Waals surface area (Å²) in [5, 5.41) is 12.6. The summed E-state index contributed by atoms with van der Waals surface area (Å²) in [6.45, 7) is 1.67. The van der Waals surface area contributed by atoms with Crippen molar-refractivity contribution < 1.29 is 9.90 Å². The lowest BCUT2D eigenvalue weighted by Gasteiger charge is -2.22. The molecule has 2 rings (SSSR count). The summed E-state index contributed by atoms with van der Waals surface area (Å²) < 4.78 is 0. The van der Waals surface area contributed by atoms with Crippen LogP contribution < -0.4 is 11.1 Å². The second kappa shape index (κ2) is 4.53. The van der Waals surface area contributed by atoms with E-state index in [0.29, 0.717) is 17.8 Å². The fraction of sp³-hybridized carbons (Fsp3) is 0.417. The Labute approximate surface area is 94.5 Å². The maximum absolute atomic E-state index is 12.1. The molecule has 0 aliphatic carbocycles. The van der Waals surface area contributed by atoms with Gasteiger partial charge in [0.05, 0.1) is 0 Å². The Morgan fingerprint density at radius 3 is 3.00 bits per heavy atom. The second-order valence-corrected chi connectivity index (χ2v) is 4.18. The van der Waals surface area contributed by atoms with Gasteiger partial charge in [-0.15, -0.1) is 0 Å². The number of carbonyl (C=O) groups is 1. The number of anilines is 1. The minimum Gasteiger partial charge on any atom is -0.508 e. The molecule has 0 spiro atoms. The smallest absolute Gasteiger partial charge is 0.169 e. The molecule has 1 aromatic rings. The number of hydrogen-bond acceptors (Lipinski definition) is 4. The summed E-state index contributed by atoms with van der Waals surface area (Å²) >= 11 is 0. The molecule has 1 aliphatic heterocycles. The zero-order valence-corrected chi connectivity index (χ0v) is 9.07. The van der Waals surface area contributed by atoms with Gasteiger partial charge in [0.2, 0.25) is 0 Å². The van der Waals surface area contributed by atoms with Gasteiger partial charge in [-0.3, -0.25) is 4.79 Å². The molecule has 0 bridgehead atoms. The molecule has 4 nitrogen and oxygen atoms in total. The fourth-order valence-corrected chi connectivity index (χ4v) is 2.05. The Hall–Kier alpha value is -1.55. The molecule has 1 aromatic carbocycles. The molecule has 1 heterocycles. The van der Waals surface area contributed by atoms with Crippen LogP contribution in [-0.2, 0) is 0 Å². The van der Waals surface area contributed by atoms with E-state index in [1.54, 1.807) is 6.07 Å². The second-order valence-electron chi connectivity index (χ2n) is 4.18. The average Bonchev–Trinajstić information content (AvgIpc) is 2.32. The maximum atomic E-state index is 12.1. The number of benzene rings is 1. The van der Waals surface area contributed by atoms with E-state index in [0.717, 1.165) is 19.4 Å². The van der Waals surface area contributed by atoms with Crippen LogP contribution in [0.4, 0.5) is 5.69 Å². The Bertz CT molecular complexity index is 398. The van der Waals surface area contributed by atoms with E-state index in [4.69, 9.17) is 5.73 Å². The largest absolute Gasteiger partial charge is 0.508 e. The normalized spacial score (nSPS) is 20.6. The molecule has 1 aliphatic rings. The minimum atomic E-state index is -0.0159. The summed E-state index contributed by atoms with van der Waals surface area (Å²) in [5.74, 6) is 0.0970. The molecule has 86 valence electrons. The zero-order valence-electron chi connectivity index (χ0n) is 9.07. The van der Waals surface area contributed by atoms with Crippen molar-refractivity contribution in [3.05, 3.63) is 23.8 Å². The topological polar surface area (TPSA) is 75.3 Å². The number of Topliss-reactive ketones (excluding diaryl/α,β-unsaturated/α-hetero) is 1. The van der Waals surface area contributed by atoms with E-state index >= 15 is 0 Å².